The number of anilines is 1. The van der Waals surface area contributed by atoms with Crippen LogP contribution in [0.4, 0.5) is 5.88 Å². The standard InChI is InChI=1S/C22H23N3O7/c1-5-31-22(30)15-11(4)32-19(16(15)17(23)26)24-18(27)12-6-7-13-14(8-12)21(29)25(20(13)28)9-10(2)3/h6-8,10H,5,9H2,1-4H3,(H2,23,26)(H,24,27). The van der Waals surface area contributed by atoms with Crippen molar-refractivity contribution in [3.05, 3.63) is 51.8 Å². The number of hydrogen-bond donors (Lipinski definition) is 2. The number of nitrogens with one attached hydrogen (secondary N) is 1. The Morgan fingerprint density at radius 2 is 1.78 bits per heavy atom. The molecule has 1 aromatic carbocycles. The van der Waals surface area contributed by atoms with Gasteiger partial charge in [-0.3, -0.25) is 29.4 Å². The lowest BCUT2D eigenvalue weighted by atomic mass is 10.1. The predicted molar refractivity (Wildman–Crippen MR) is 113 cm³/mol. The van der Waals surface area contributed by atoms with E-state index in [4.69, 9.17) is 14.9 Å². The molecular weight excluding hydrogens is 418 g/mol. The number of carbonyl (C=O) groups excluding carboxylic acids is 5. The molecule has 0 spiro atoms. The van der Waals surface area contributed by atoms with Gasteiger partial charge in [-0.2, -0.15) is 0 Å². The quantitative estimate of drug-likeness (QED) is 0.495. The first kappa shape index (κ1) is 22.7. The van der Waals surface area contributed by atoms with E-state index in [1.165, 1.54) is 25.1 Å². The van der Waals surface area contributed by atoms with Gasteiger partial charge in [0.1, 0.15) is 16.9 Å². The number of benzene rings is 1. The van der Waals surface area contributed by atoms with Gasteiger partial charge in [0.15, 0.2) is 0 Å². The molecule has 0 radical (unpaired) electrons. The Morgan fingerprint density at radius 1 is 1.12 bits per heavy atom. The summed E-state index contributed by atoms with van der Waals surface area (Å²) >= 11 is 0. The molecule has 0 saturated carbocycles. The smallest absolute Gasteiger partial charge is 0.342 e. The summed E-state index contributed by atoms with van der Waals surface area (Å²) < 4.78 is 10.3. The van der Waals surface area contributed by atoms with E-state index in [1.54, 1.807) is 6.92 Å². The van der Waals surface area contributed by atoms with Gasteiger partial charge in [0, 0.05) is 12.1 Å². The minimum Gasteiger partial charge on any atom is -0.462 e. The van der Waals surface area contributed by atoms with Crippen LogP contribution in [0.1, 0.15) is 78.3 Å². The molecule has 0 saturated heterocycles. The number of aryl methyl sites for hydroxylation is 1. The molecule has 0 atom stereocenters. The van der Waals surface area contributed by atoms with Gasteiger partial charge in [-0.25, -0.2) is 4.79 Å². The van der Waals surface area contributed by atoms with Gasteiger partial charge in [0.05, 0.1) is 17.7 Å². The molecule has 1 aromatic heterocycles. The molecule has 10 heteroatoms. The number of esters is 1. The first-order chi connectivity index (χ1) is 15.1. The number of primary amides is 1. The fourth-order valence-corrected chi connectivity index (χ4v) is 3.46. The molecule has 1 aliphatic heterocycles. The largest absolute Gasteiger partial charge is 0.462 e. The third-order valence-electron chi connectivity index (χ3n) is 4.82. The number of hydrogen-bond acceptors (Lipinski definition) is 7. The zero-order valence-electron chi connectivity index (χ0n) is 18.1. The van der Waals surface area contributed by atoms with Crippen LogP contribution >= 0.6 is 0 Å². The van der Waals surface area contributed by atoms with Gasteiger partial charge >= 0.3 is 5.97 Å². The molecule has 4 amide bonds. The molecule has 10 nitrogen and oxygen atoms in total. The number of carbonyl (C=O) groups is 5. The van der Waals surface area contributed by atoms with Gasteiger partial charge in [-0.05, 0) is 38.0 Å². The number of nitrogens with zero attached hydrogens (tertiary/aromatic N) is 1. The van der Waals surface area contributed by atoms with Crippen molar-refractivity contribution in [1.29, 1.82) is 0 Å². The summed E-state index contributed by atoms with van der Waals surface area (Å²) in [6.45, 7) is 7.12. The normalized spacial score (nSPS) is 12.8. The van der Waals surface area contributed by atoms with Crippen molar-refractivity contribution in [1.82, 2.24) is 4.90 Å². The number of nitrogens with two attached hydrogens (primary N) is 1. The second-order valence-electron chi connectivity index (χ2n) is 7.65. The Bertz CT molecular complexity index is 1150. The van der Waals surface area contributed by atoms with E-state index < -0.39 is 29.6 Å². The van der Waals surface area contributed by atoms with Crippen molar-refractivity contribution >= 4 is 35.5 Å². The van der Waals surface area contributed by atoms with Crippen LogP contribution in [-0.4, -0.2) is 47.6 Å². The molecule has 0 unspecified atom stereocenters. The highest BCUT2D eigenvalue weighted by Crippen LogP contribution is 2.29. The van der Waals surface area contributed by atoms with Crippen molar-refractivity contribution < 1.29 is 33.1 Å². The minimum atomic E-state index is -0.987. The number of fused-ring (bicyclic) bond motifs is 1. The maximum atomic E-state index is 12.8. The van der Waals surface area contributed by atoms with Crippen LogP contribution in [0.3, 0.4) is 0 Å². The van der Waals surface area contributed by atoms with Crippen molar-refractivity contribution in [3.63, 3.8) is 0 Å². The summed E-state index contributed by atoms with van der Waals surface area (Å²) in [5, 5.41) is 2.40. The van der Waals surface area contributed by atoms with Crippen molar-refractivity contribution in [2.45, 2.75) is 27.7 Å². The van der Waals surface area contributed by atoms with E-state index in [9.17, 15) is 24.0 Å². The van der Waals surface area contributed by atoms with Crippen molar-refractivity contribution in [2.75, 3.05) is 18.5 Å². The van der Waals surface area contributed by atoms with E-state index in [-0.39, 0.29) is 58.5 Å². The molecule has 1 aliphatic rings. The summed E-state index contributed by atoms with van der Waals surface area (Å²) in [5.74, 6) is -3.59. The lowest BCUT2D eigenvalue weighted by molar-refractivity contribution is 0.0520. The summed E-state index contributed by atoms with van der Waals surface area (Å²) in [5.41, 5.74) is 5.28. The maximum Gasteiger partial charge on any atom is 0.342 e. The first-order valence-electron chi connectivity index (χ1n) is 9.98. The van der Waals surface area contributed by atoms with Gasteiger partial charge in [-0.1, -0.05) is 13.8 Å². The van der Waals surface area contributed by atoms with Gasteiger partial charge in [0.25, 0.3) is 23.6 Å². The number of furan rings is 1. The molecule has 2 heterocycles. The van der Waals surface area contributed by atoms with Crippen molar-refractivity contribution in [3.8, 4) is 0 Å². The Hall–Kier alpha value is -3.95. The van der Waals surface area contributed by atoms with E-state index in [0.29, 0.717) is 0 Å². The monoisotopic (exact) mass is 441 g/mol. The molecule has 3 rings (SSSR count). The van der Waals surface area contributed by atoms with Crippen LogP contribution in [0.15, 0.2) is 22.6 Å². The van der Waals surface area contributed by atoms with Crippen LogP contribution in [0, 0.1) is 12.8 Å². The second-order valence-corrected chi connectivity index (χ2v) is 7.65. The summed E-state index contributed by atoms with van der Waals surface area (Å²) in [6, 6.07) is 4.08. The van der Waals surface area contributed by atoms with Gasteiger partial charge < -0.3 is 14.9 Å². The average Bonchev–Trinajstić information content (AvgIpc) is 3.16. The summed E-state index contributed by atoms with van der Waals surface area (Å²) in [4.78, 5) is 63.2. The Labute approximate surface area is 183 Å². The number of rotatable bonds is 7. The summed E-state index contributed by atoms with van der Waals surface area (Å²) in [6.07, 6.45) is 0. The first-order valence-corrected chi connectivity index (χ1v) is 9.98. The number of imide groups is 1. The number of amides is 4. The molecule has 0 bridgehead atoms. The molecule has 0 aliphatic carbocycles. The third kappa shape index (κ3) is 3.98. The molecule has 2 aromatic rings. The van der Waals surface area contributed by atoms with Crippen LogP contribution in [0.5, 0.6) is 0 Å². The summed E-state index contributed by atoms with van der Waals surface area (Å²) in [7, 11) is 0. The van der Waals surface area contributed by atoms with E-state index in [2.05, 4.69) is 5.32 Å². The molecule has 0 fully saturated rings. The topological polar surface area (TPSA) is 149 Å². The zero-order valence-corrected chi connectivity index (χ0v) is 18.1. The SMILES string of the molecule is CCOC(=O)c1c(C)oc(NC(=O)c2ccc3c(c2)C(=O)N(CC(C)C)C3=O)c1C(N)=O. The molecule has 3 N–H and O–H groups in total. The minimum absolute atomic E-state index is 0.0478. The highest BCUT2D eigenvalue weighted by molar-refractivity contribution is 6.22. The molecular formula is C22H23N3O7. The highest BCUT2D eigenvalue weighted by Gasteiger charge is 2.36. The van der Waals surface area contributed by atoms with Crippen LogP contribution in [-0.2, 0) is 4.74 Å². The molecule has 168 valence electrons. The maximum absolute atomic E-state index is 12.8. The van der Waals surface area contributed by atoms with E-state index in [0.717, 1.165) is 4.90 Å². The zero-order chi connectivity index (χ0) is 23.7. The average molecular weight is 441 g/mol. The predicted octanol–water partition coefficient (Wildman–Crippen LogP) is 2.37. The Morgan fingerprint density at radius 3 is 2.38 bits per heavy atom. The fourth-order valence-electron chi connectivity index (χ4n) is 3.46. The van der Waals surface area contributed by atoms with Gasteiger partial charge in [0.2, 0.25) is 5.88 Å². The van der Waals surface area contributed by atoms with Crippen molar-refractivity contribution in [2.24, 2.45) is 11.7 Å². The van der Waals surface area contributed by atoms with Crippen LogP contribution < -0.4 is 11.1 Å². The lowest BCUT2D eigenvalue weighted by Gasteiger charge is -2.15. The Kier molecular flexibility index (Phi) is 6.15. The van der Waals surface area contributed by atoms with Gasteiger partial charge in [-0.15, -0.1) is 0 Å². The molecule has 32 heavy (non-hydrogen) atoms. The fraction of sp³-hybridized carbons (Fsp3) is 0.318. The van der Waals surface area contributed by atoms with E-state index in [1.807, 2.05) is 13.8 Å². The van der Waals surface area contributed by atoms with E-state index >= 15 is 0 Å². The van der Waals surface area contributed by atoms with Crippen LogP contribution in [0.25, 0.3) is 0 Å². The second kappa shape index (κ2) is 8.66. The Balaban J connectivity index is 1.92. The number of ether oxygens (including phenoxy) is 1. The lowest BCUT2D eigenvalue weighted by Crippen LogP contribution is -2.33. The van der Waals surface area contributed by atoms with Crippen LogP contribution in [0.2, 0.25) is 0 Å². The highest BCUT2D eigenvalue weighted by atomic mass is 16.5. The third-order valence-corrected chi connectivity index (χ3v) is 4.82.